The molecule has 2 rings (SSSR count). The lowest BCUT2D eigenvalue weighted by Crippen LogP contribution is -1.82. The van der Waals surface area contributed by atoms with Crippen molar-refractivity contribution in [3.05, 3.63) is 71.8 Å². The number of hydrogen-bond acceptors (Lipinski definition) is 2. The molecule has 2 nitrogen and oxygen atoms in total. The molecule has 0 radical (unpaired) electrons. The number of benzene rings is 2. The van der Waals surface area contributed by atoms with Crippen LogP contribution < -0.4 is 9.47 Å². The fourth-order valence-corrected chi connectivity index (χ4v) is 1.98. The van der Waals surface area contributed by atoms with Gasteiger partial charge in [-0.15, -0.1) is 0 Å². The summed E-state index contributed by atoms with van der Waals surface area (Å²) in [5.41, 5.74) is 2.29. The lowest BCUT2D eigenvalue weighted by molar-refractivity contribution is 0.414. The number of hydrogen-bond donors (Lipinski definition) is 0. The average molecular weight is 280 g/mol. The van der Waals surface area contributed by atoms with Crippen LogP contribution in [0.3, 0.4) is 0 Å². The zero-order valence-corrected chi connectivity index (χ0v) is 12.5. The molecule has 0 heterocycles. The Morgan fingerprint density at radius 2 is 1.24 bits per heavy atom. The van der Waals surface area contributed by atoms with Gasteiger partial charge in [-0.2, -0.15) is 0 Å². The Balaban J connectivity index is 1.90. The van der Waals surface area contributed by atoms with E-state index in [1.54, 1.807) is 14.2 Å². The Morgan fingerprint density at radius 3 is 1.67 bits per heavy atom. The van der Waals surface area contributed by atoms with Crippen LogP contribution in [-0.2, 0) is 0 Å². The molecule has 108 valence electrons. The largest absolute Gasteiger partial charge is 0.497 e. The van der Waals surface area contributed by atoms with Crippen molar-refractivity contribution in [1.29, 1.82) is 0 Å². The predicted octanol–water partition coefficient (Wildman–Crippen LogP) is 4.82. The molecule has 0 bridgehead atoms. The molecule has 0 aromatic heterocycles. The van der Waals surface area contributed by atoms with Crippen LogP contribution in [0.15, 0.2) is 60.7 Å². The third kappa shape index (κ3) is 4.84. The SMILES string of the molecule is COc1cccc(C=CCC=Cc2cccc(OC)c2)c1. The zero-order chi connectivity index (χ0) is 14.9. The molecule has 0 saturated heterocycles. The number of rotatable bonds is 6. The van der Waals surface area contributed by atoms with Gasteiger partial charge < -0.3 is 9.47 Å². The van der Waals surface area contributed by atoms with E-state index in [4.69, 9.17) is 9.47 Å². The Bertz CT molecular complexity index is 571. The van der Waals surface area contributed by atoms with Gasteiger partial charge in [-0.3, -0.25) is 0 Å². The first-order valence-corrected chi connectivity index (χ1v) is 6.93. The van der Waals surface area contributed by atoms with E-state index in [9.17, 15) is 0 Å². The highest BCUT2D eigenvalue weighted by Crippen LogP contribution is 2.15. The third-order valence-electron chi connectivity index (χ3n) is 3.08. The first kappa shape index (κ1) is 14.9. The van der Waals surface area contributed by atoms with Gasteiger partial charge in [0.15, 0.2) is 0 Å². The smallest absolute Gasteiger partial charge is 0.119 e. The van der Waals surface area contributed by atoms with E-state index in [-0.39, 0.29) is 0 Å². The molecule has 0 spiro atoms. The predicted molar refractivity (Wildman–Crippen MR) is 88.7 cm³/mol. The Morgan fingerprint density at radius 1 is 0.762 bits per heavy atom. The quantitative estimate of drug-likeness (QED) is 0.755. The van der Waals surface area contributed by atoms with Crippen molar-refractivity contribution < 1.29 is 9.47 Å². The minimum atomic E-state index is 0.879. The highest BCUT2D eigenvalue weighted by atomic mass is 16.5. The molecule has 0 N–H and O–H groups in total. The molecule has 0 amide bonds. The van der Waals surface area contributed by atoms with Gasteiger partial charge in [0.2, 0.25) is 0 Å². The van der Waals surface area contributed by atoms with Crippen LogP contribution in [0.5, 0.6) is 11.5 Å². The second kappa shape index (κ2) is 7.95. The molecule has 2 aromatic rings. The van der Waals surface area contributed by atoms with Gasteiger partial charge in [-0.25, -0.2) is 0 Å². The van der Waals surface area contributed by atoms with Crippen molar-refractivity contribution in [2.24, 2.45) is 0 Å². The van der Waals surface area contributed by atoms with Crippen LogP contribution in [0, 0.1) is 0 Å². The first-order valence-electron chi connectivity index (χ1n) is 6.93. The summed E-state index contributed by atoms with van der Waals surface area (Å²) in [7, 11) is 3.36. The van der Waals surface area contributed by atoms with Crippen molar-refractivity contribution in [3.63, 3.8) is 0 Å². The normalized spacial score (nSPS) is 11.1. The Hall–Kier alpha value is -2.48. The Kier molecular flexibility index (Phi) is 5.65. The maximum absolute atomic E-state index is 5.20. The van der Waals surface area contributed by atoms with Gasteiger partial charge in [0.1, 0.15) is 11.5 Å². The first-order chi connectivity index (χ1) is 10.3. The van der Waals surface area contributed by atoms with E-state index >= 15 is 0 Å². The van der Waals surface area contributed by atoms with E-state index in [0.29, 0.717) is 0 Å². The van der Waals surface area contributed by atoms with Crippen LogP contribution in [0.25, 0.3) is 12.2 Å². The average Bonchev–Trinajstić information content (AvgIpc) is 2.55. The summed E-state index contributed by atoms with van der Waals surface area (Å²) < 4.78 is 10.4. The monoisotopic (exact) mass is 280 g/mol. The summed E-state index contributed by atoms with van der Waals surface area (Å²) in [5.74, 6) is 1.76. The number of methoxy groups -OCH3 is 2. The summed E-state index contributed by atoms with van der Waals surface area (Å²) in [5, 5.41) is 0. The molecule has 0 aliphatic carbocycles. The summed E-state index contributed by atoms with van der Waals surface area (Å²) in [6.45, 7) is 0. The zero-order valence-electron chi connectivity index (χ0n) is 12.5. The molecule has 0 aliphatic rings. The van der Waals surface area contributed by atoms with Crippen molar-refractivity contribution in [2.45, 2.75) is 6.42 Å². The van der Waals surface area contributed by atoms with Crippen molar-refractivity contribution >= 4 is 12.2 Å². The van der Waals surface area contributed by atoms with Crippen molar-refractivity contribution in [1.82, 2.24) is 0 Å². The van der Waals surface area contributed by atoms with E-state index in [1.807, 2.05) is 36.4 Å². The number of ether oxygens (including phenoxy) is 2. The van der Waals surface area contributed by atoms with Crippen LogP contribution in [-0.4, -0.2) is 14.2 Å². The van der Waals surface area contributed by atoms with Gasteiger partial charge >= 0.3 is 0 Å². The fourth-order valence-electron chi connectivity index (χ4n) is 1.98. The second-order valence-electron chi connectivity index (χ2n) is 4.59. The van der Waals surface area contributed by atoms with Gasteiger partial charge in [-0.05, 0) is 41.8 Å². The highest BCUT2D eigenvalue weighted by Gasteiger charge is 1.92. The lowest BCUT2D eigenvalue weighted by Gasteiger charge is -2.00. The van der Waals surface area contributed by atoms with E-state index in [1.165, 1.54) is 0 Å². The van der Waals surface area contributed by atoms with E-state index in [2.05, 4.69) is 36.4 Å². The van der Waals surface area contributed by atoms with Crippen molar-refractivity contribution in [2.75, 3.05) is 14.2 Å². The van der Waals surface area contributed by atoms with Gasteiger partial charge in [0, 0.05) is 0 Å². The molecule has 0 fully saturated rings. The minimum absolute atomic E-state index is 0.879. The Labute approximate surface area is 126 Å². The second-order valence-corrected chi connectivity index (χ2v) is 4.59. The maximum Gasteiger partial charge on any atom is 0.119 e. The molecular formula is C19H20O2. The molecule has 0 aliphatic heterocycles. The molecule has 2 aromatic carbocycles. The van der Waals surface area contributed by atoms with Crippen LogP contribution in [0.1, 0.15) is 17.5 Å². The van der Waals surface area contributed by atoms with Gasteiger partial charge in [0.25, 0.3) is 0 Å². The van der Waals surface area contributed by atoms with E-state index in [0.717, 1.165) is 29.0 Å². The summed E-state index contributed by atoms with van der Waals surface area (Å²) in [6.07, 6.45) is 9.34. The molecule has 2 heteroatoms. The minimum Gasteiger partial charge on any atom is -0.497 e. The van der Waals surface area contributed by atoms with E-state index < -0.39 is 0 Å². The fraction of sp³-hybridized carbons (Fsp3) is 0.158. The summed E-state index contributed by atoms with van der Waals surface area (Å²) >= 11 is 0. The molecule has 0 unspecified atom stereocenters. The molecular weight excluding hydrogens is 260 g/mol. The van der Waals surface area contributed by atoms with Crippen LogP contribution >= 0.6 is 0 Å². The third-order valence-corrected chi connectivity index (χ3v) is 3.08. The summed E-state index contributed by atoms with van der Waals surface area (Å²) in [6, 6.07) is 16.0. The number of allylic oxidation sites excluding steroid dienone is 2. The van der Waals surface area contributed by atoms with Crippen LogP contribution in [0.2, 0.25) is 0 Å². The van der Waals surface area contributed by atoms with Crippen LogP contribution in [0.4, 0.5) is 0 Å². The van der Waals surface area contributed by atoms with Crippen molar-refractivity contribution in [3.8, 4) is 11.5 Å². The lowest BCUT2D eigenvalue weighted by atomic mass is 10.1. The standard InChI is InChI=1S/C19H20O2/c1-20-18-12-6-10-16(14-18)8-4-3-5-9-17-11-7-13-19(15-17)21-2/h4-15H,3H2,1-2H3. The molecule has 0 atom stereocenters. The highest BCUT2D eigenvalue weighted by molar-refractivity contribution is 5.54. The van der Waals surface area contributed by atoms with Gasteiger partial charge in [0.05, 0.1) is 14.2 Å². The molecule has 0 saturated carbocycles. The van der Waals surface area contributed by atoms with Gasteiger partial charge in [-0.1, -0.05) is 48.6 Å². The summed E-state index contributed by atoms with van der Waals surface area (Å²) in [4.78, 5) is 0. The topological polar surface area (TPSA) is 18.5 Å². The molecule has 21 heavy (non-hydrogen) atoms. The maximum atomic E-state index is 5.20.